The predicted octanol–water partition coefficient (Wildman–Crippen LogP) is 3.12. The number of hydrogen-bond acceptors (Lipinski definition) is 1. The highest BCUT2D eigenvalue weighted by Crippen LogP contribution is 2.13. The van der Waals surface area contributed by atoms with Crippen molar-refractivity contribution in [3.8, 4) is 0 Å². The monoisotopic (exact) mass is 180 g/mol. The van der Waals surface area contributed by atoms with E-state index in [4.69, 9.17) is 5.11 Å². The Morgan fingerprint density at radius 3 is 1.85 bits per heavy atom. The van der Waals surface area contributed by atoms with Gasteiger partial charge in [0.15, 0.2) is 0 Å². The molecule has 74 valence electrons. The van der Waals surface area contributed by atoms with Crippen LogP contribution in [0.4, 0.5) is 0 Å². The Labute approximate surface area is 81.4 Å². The van der Waals surface area contributed by atoms with Crippen LogP contribution in [0.15, 0.2) is 24.3 Å². The number of aliphatic hydroxyl groups excluding tert-OH is 1. The summed E-state index contributed by atoms with van der Waals surface area (Å²) in [7, 11) is 0. The number of hydrogen-bond donors (Lipinski definition) is 1. The molecule has 0 heterocycles. The first kappa shape index (κ1) is 12.2. The molecule has 0 unspecified atom stereocenters. The first-order valence-corrected chi connectivity index (χ1v) is 4.79. The molecule has 0 amide bonds. The van der Waals surface area contributed by atoms with E-state index in [1.807, 2.05) is 0 Å². The van der Waals surface area contributed by atoms with E-state index in [1.165, 1.54) is 11.1 Å². The van der Waals surface area contributed by atoms with Crippen molar-refractivity contribution in [1.29, 1.82) is 0 Å². The van der Waals surface area contributed by atoms with E-state index in [0.29, 0.717) is 5.92 Å². The molecule has 1 aromatic rings. The Kier molecular flexibility index (Phi) is 6.25. The summed E-state index contributed by atoms with van der Waals surface area (Å²) >= 11 is 0. The molecule has 0 aliphatic heterocycles. The van der Waals surface area contributed by atoms with Crippen molar-refractivity contribution in [2.45, 2.75) is 33.6 Å². The maximum Gasteiger partial charge on any atom is 0.0402 e. The lowest BCUT2D eigenvalue weighted by molar-refractivity contribution is 0.318. The maximum atomic E-state index is 7.57. The Bertz CT molecular complexity index is 211. The summed E-state index contributed by atoms with van der Waals surface area (Å²) in [6.07, 6.45) is 0. The topological polar surface area (TPSA) is 20.2 Å². The lowest BCUT2D eigenvalue weighted by atomic mass is 10.0. The van der Waals surface area contributed by atoms with E-state index >= 15 is 0 Å². The van der Waals surface area contributed by atoms with Crippen LogP contribution in [-0.2, 0) is 0 Å². The SMILES string of the molecule is CCO.Cc1ccc(C(C)C)cc1. The van der Waals surface area contributed by atoms with E-state index in [-0.39, 0.29) is 6.61 Å². The third-order valence-electron chi connectivity index (χ3n) is 1.74. The van der Waals surface area contributed by atoms with Gasteiger partial charge in [-0.3, -0.25) is 0 Å². The second-order valence-electron chi connectivity index (χ2n) is 3.38. The average Bonchev–Trinajstić information content (AvgIpc) is 2.06. The molecule has 1 aromatic carbocycles. The Morgan fingerprint density at radius 1 is 1.15 bits per heavy atom. The summed E-state index contributed by atoms with van der Waals surface area (Å²) in [6.45, 7) is 8.47. The van der Waals surface area contributed by atoms with Crippen molar-refractivity contribution >= 4 is 0 Å². The summed E-state index contributed by atoms with van der Waals surface area (Å²) in [5.74, 6) is 0.653. The van der Waals surface area contributed by atoms with Crippen LogP contribution < -0.4 is 0 Å². The fourth-order valence-electron chi connectivity index (χ4n) is 0.951. The van der Waals surface area contributed by atoms with Crippen LogP contribution in [0.5, 0.6) is 0 Å². The number of aliphatic hydroxyl groups is 1. The zero-order chi connectivity index (χ0) is 10.3. The number of rotatable bonds is 1. The molecular weight excluding hydrogens is 160 g/mol. The number of aryl methyl sites for hydroxylation is 1. The van der Waals surface area contributed by atoms with E-state index in [1.54, 1.807) is 6.92 Å². The summed E-state index contributed by atoms with van der Waals surface area (Å²) in [5.41, 5.74) is 2.76. The van der Waals surface area contributed by atoms with Gasteiger partial charge in [-0.15, -0.1) is 0 Å². The molecule has 0 atom stereocenters. The van der Waals surface area contributed by atoms with E-state index in [9.17, 15) is 0 Å². The molecule has 0 radical (unpaired) electrons. The fraction of sp³-hybridized carbons (Fsp3) is 0.500. The molecule has 0 aromatic heterocycles. The second-order valence-corrected chi connectivity index (χ2v) is 3.38. The first-order chi connectivity index (χ1) is 6.11. The van der Waals surface area contributed by atoms with Crippen molar-refractivity contribution in [3.05, 3.63) is 35.4 Å². The minimum absolute atomic E-state index is 0.250. The van der Waals surface area contributed by atoms with Crippen molar-refractivity contribution in [2.24, 2.45) is 0 Å². The van der Waals surface area contributed by atoms with Crippen LogP contribution in [0, 0.1) is 6.92 Å². The van der Waals surface area contributed by atoms with Crippen LogP contribution in [0.2, 0.25) is 0 Å². The molecule has 0 bridgehead atoms. The minimum Gasteiger partial charge on any atom is -0.397 e. The molecular formula is C12H20O. The van der Waals surface area contributed by atoms with E-state index in [0.717, 1.165) is 0 Å². The van der Waals surface area contributed by atoms with Gasteiger partial charge in [-0.25, -0.2) is 0 Å². The largest absolute Gasteiger partial charge is 0.397 e. The highest BCUT2D eigenvalue weighted by molar-refractivity contribution is 5.23. The summed E-state index contributed by atoms with van der Waals surface area (Å²) in [6, 6.07) is 8.71. The van der Waals surface area contributed by atoms with Crippen molar-refractivity contribution in [1.82, 2.24) is 0 Å². The molecule has 0 fully saturated rings. The summed E-state index contributed by atoms with van der Waals surface area (Å²) in [5, 5.41) is 7.57. The molecule has 1 nitrogen and oxygen atoms in total. The van der Waals surface area contributed by atoms with Crippen molar-refractivity contribution in [2.75, 3.05) is 6.61 Å². The van der Waals surface area contributed by atoms with Crippen molar-refractivity contribution < 1.29 is 5.11 Å². The number of benzene rings is 1. The third-order valence-corrected chi connectivity index (χ3v) is 1.74. The van der Waals surface area contributed by atoms with E-state index in [2.05, 4.69) is 45.0 Å². The van der Waals surface area contributed by atoms with Gasteiger partial charge >= 0.3 is 0 Å². The molecule has 13 heavy (non-hydrogen) atoms. The third kappa shape index (κ3) is 5.42. The van der Waals surface area contributed by atoms with Crippen LogP contribution in [0.1, 0.15) is 37.8 Å². The highest BCUT2D eigenvalue weighted by atomic mass is 16.2. The lowest BCUT2D eigenvalue weighted by Gasteiger charge is -2.03. The van der Waals surface area contributed by atoms with Crippen LogP contribution >= 0.6 is 0 Å². The molecule has 0 spiro atoms. The van der Waals surface area contributed by atoms with Crippen LogP contribution in [0.25, 0.3) is 0 Å². The van der Waals surface area contributed by atoms with Gasteiger partial charge in [-0.2, -0.15) is 0 Å². The van der Waals surface area contributed by atoms with Gasteiger partial charge < -0.3 is 5.11 Å². The molecule has 1 heteroatoms. The average molecular weight is 180 g/mol. The van der Waals surface area contributed by atoms with Gasteiger partial charge in [0.05, 0.1) is 0 Å². The minimum atomic E-state index is 0.250. The zero-order valence-corrected chi connectivity index (χ0v) is 9.04. The smallest absolute Gasteiger partial charge is 0.0402 e. The van der Waals surface area contributed by atoms with Gasteiger partial charge in [-0.1, -0.05) is 43.7 Å². The van der Waals surface area contributed by atoms with Crippen molar-refractivity contribution in [3.63, 3.8) is 0 Å². The maximum absolute atomic E-state index is 7.57. The first-order valence-electron chi connectivity index (χ1n) is 4.79. The predicted molar refractivity (Wildman–Crippen MR) is 58.0 cm³/mol. The zero-order valence-electron chi connectivity index (χ0n) is 9.04. The normalized spacial score (nSPS) is 9.38. The van der Waals surface area contributed by atoms with Gasteiger partial charge in [0.1, 0.15) is 0 Å². The Hall–Kier alpha value is -0.820. The molecule has 1 N–H and O–H groups in total. The Balaban J connectivity index is 0.000000424. The summed E-state index contributed by atoms with van der Waals surface area (Å²) in [4.78, 5) is 0. The van der Waals surface area contributed by atoms with Crippen LogP contribution in [0.3, 0.4) is 0 Å². The van der Waals surface area contributed by atoms with Gasteiger partial charge in [0, 0.05) is 6.61 Å². The molecule has 0 saturated carbocycles. The highest BCUT2D eigenvalue weighted by Gasteiger charge is 1.95. The van der Waals surface area contributed by atoms with Gasteiger partial charge in [0.2, 0.25) is 0 Å². The van der Waals surface area contributed by atoms with Gasteiger partial charge in [-0.05, 0) is 25.3 Å². The summed E-state index contributed by atoms with van der Waals surface area (Å²) < 4.78 is 0. The lowest BCUT2D eigenvalue weighted by Crippen LogP contribution is -1.85. The Morgan fingerprint density at radius 2 is 1.54 bits per heavy atom. The second kappa shape index (κ2) is 6.67. The molecule has 1 rings (SSSR count). The standard InChI is InChI=1S/C10H14.C2H6O/c1-8(2)10-6-4-9(3)5-7-10;1-2-3/h4-8H,1-3H3;3H,2H2,1H3. The van der Waals surface area contributed by atoms with E-state index < -0.39 is 0 Å². The molecule has 0 aliphatic carbocycles. The fourth-order valence-corrected chi connectivity index (χ4v) is 0.951. The van der Waals surface area contributed by atoms with Crippen LogP contribution in [-0.4, -0.2) is 11.7 Å². The van der Waals surface area contributed by atoms with Gasteiger partial charge in [0.25, 0.3) is 0 Å². The molecule has 0 aliphatic rings. The quantitative estimate of drug-likeness (QED) is 0.704. The molecule has 0 saturated heterocycles.